The Morgan fingerprint density at radius 2 is 1.57 bits per heavy atom. The highest BCUT2D eigenvalue weighted by molar-refractivity contribution is 5.56. The predicted octanol–water partition coefficient (Wildman–Crippen LogP) is -1.38. The van der Waals surface area contributed by atoms with E-state index >= 15 is 0 Å². The van der Waals surface area contributed by atoms with E-state index < -0.39 is 68.7 Å². The zero-order valence-corrected chi connectivity index (χ0v) is 17.0. The lowest BCUT2D eigenvalue weighted by Crippen LogP contribution is -2.75. The van der Waals surface area contributed by atoms with Gasteiger partial charge in [0, 0.05) is 11.8 Å². The Balaban J connectivity index is 1.97. The molecule has 2 heterocycles. The standard InChI is InChI=1S/C20H32O8/c1-9(2)17(25)12(22)18(26)13(4)8-16(24)14(17,5)20(18,27)19(28-16)11(21)10(3)6-7-15(13,19)23/h9-12,21-27H,6-8H2,1-5H3/t10-,11?,12+,13+,14-,15-,16+,17+,18+,19?,20+/m0/s1. The monoisotopic (exact) mass is 400 g/mol. The fraction of sp³-hybridized carbons (Fsp3) is 1.00. The Morgan fingerprint density at radius 1 is 1.00 bits per heavy atom. The van der Waals surface area contributed by atoms with Crippen molar-refractivity contribution in [3.05, 3.63) is 0 Å². The van der Waals surface area contributed by atoms with Crippen molar-refractivity contribution in [3.63, 3.8) is 0 Å². The highest BCUT2D eigenvalue weighted by Crippen LogP contribution is 2.90. The van der Waals surface area contributed by atoms with Crippen molar-refractivity contribution in [3.8, 4) is 0 Å². The Labute approximate surface area is 163 Å². The van der Waals surface area contributed by atoms with Crippen LogP contribution in [0.15, 0.2) is 0 Å². The van der Waals surface area contributed by atoms with E-state index in [1.165, 1.54) is 13.8 Å². The molecule has 6 bridgehead atoms. The molecule has 2 aliphatic heterocycles. The smallest absolute Gasteiger partial charge is 0.178 e. The maximum Gasteiger partial charge on any atom is 0.178 e. The van der Waals surface area contributed by atoms with E-state index in [0.29, 0.717) is 6.42 Å². The van der Waals surface area contributed by atoms with Crippen molar-refractivity contribution in [2.24, 2.45) is 22.7 Å². The van der Waals surface area contributed by atoms with Gasteiger partial charge in [0.15, 0.2) is 11.4 Å². The molecule has 8 heteroatoms. The summed E-state index contributed by atoms with van der Waals surface area (Å²) in [6, 6.07) is 0. The molecule has 4 saturated carbocycles. The predicted molar refractivity (Wildman–Crippen MR) is 94.6 cm³/mol. The Hall–Kier alpha value is -0.320. The van der Waals surface area contributed by atoms with Crippen LogP contribution in [0.5, 0.6) is 0 Å². The van der Waals surface area contributed by atoms with Crippen molar-refractivity contribution < 1.29 is 40.5 Å². The zero-order chi connectivity index (χ0) is 21.1. The molecule has 1 spiro atoms. The van der Waals surface area contributed by atoms with Gasteiger partial charge in [-0.1, -0.05) is 27.7 Å². The first kappa shape index (κ1) is 19.6. The first-order chi connectivity index (χ1) is 12.6. The normalized spacial score (nSPS) is 72.1. The van der Waals surface area contributed by atoms with Crippen molar-refractivity contribution in [2.75, 3.05) is 0 Å². The fourth-order valence-corrected chi connectivity index (χ4v) is 8.80. The van der Waals surface area contributed by atoms with E-state index in [9.17, 15) is 35.7 Å². The minimum absolute atomic E-state index is 0.116. The van der Waals surface area contributed by atoms with Crippen LogP contribution in [0.4, 0.5) is 0 Å². The SMILES string of the molecule is CC(C)[C@@]1(O)[C@@H](O)[C@@]2(O)[C@]3(C)C[C@@]4(O)OC5(C(O)[C@@H](C)CC[C@@]53O)[C@@]2(O)[C@@]41C. The molecule has 0 aromatic carbocycles. The van der Waals surface area contributed by atoms with Gasteiger partial charge in [0.2, 0.25) is 0 Å². The van der Waals surface area contributed by atoms with Crippen LogP contribution in [0, 0.1) is 22.7 Å². The van der Waals surface area contributed by atoms with Gasteiger partial charge in [-0.15, -0.1) is 0 Å². The van der Waals surface area contributed by atoms with Crippen molar-refractivity contribution in [2.45, 2.75) is 99.9 Å². The number of aliphatic hydroxyl groups is 7. The molecule has 160 valence electrons. The molecule has 6 fully saturated rings. The third kappa shape index (κ3) is 1.13. The Morgan fingerprint density at radius 3 is 2.11 bits per heavy atom. The maximum absolute atomic E-state index is 12.3. The molecule has 0 aromatic rings. The van der Waals surface area contributed by atoms with Crippen LogP contribution in [-0.2, 0) is 4.74 Å². The van der Waals surface area contributed by atoms with Gasteiger partial charge in [0.25, 0.3) is 0 Å². The van der Waals surface area contributed by atoms with E-state index in [4.69, 9.17) is 4.74 Å². The summed E-state index contributed by atoms with van der Waals surface area (Å²) in [5.41, 5.74) is -14.7. The summed E-state index contributed by atoms with van der Waals surface area (Å²) in [6.45, 7) is 7.90. The Bertz CT molecular complexity index is 790. The van der Waals surface area contributed by atoms with Crippen LogP contribution in [0.3, 0.4) is 0 Å². The van der Waals surface area contributed by atoms with E-state index in [0.717, 1.165) is 0 Å². The van der Waals surface area contributed by atoms with E-state index in [2.05, 4.69) is 0 Å². The molecule has 0 amide bonds. The molecule has 6 aliphatic rings. The Kier molecular flexibility index (Phi) is 3.04. The molecule has 28 heavy (non-hydrogen) atoms. The molecule has 6 rings (SSSR count). The van der Waals surface area contributed by atoms with Gasteiger partial charge in [0.05, 0.1) is 11.5 Å². The molecule has 7 N–H and O–H groups in total. The average molecular weight is 400 g/mol. The number of hydrogen-bond donors (Lipinski definition) is 7. The van der Waals surface area contributed by atoms with Crippen molar-refractivity contribution >= 4 is 0 Å². The quantitative estimate of drug-likeness (QED) is 0.285. The summed E-state index contributed by atoms with van der Waals surface area (Å²) < 4.78 is 6.05. The van der Waals surface area contributed by atoms with Crippen LogP contribution in [0.1, 0.15) is 53.9 Å². The van der Waals surface area contributed by atoms with Crippen LogP contribution in [0.2, 0.25) is 0 Å². The zero-order valence-electron chi connectivity index (χ0n) is 17.0. The van der Waals surface area contributed by atoms with Gasteiger partial charge in [-0.3, -0.25) is 0 Å². The molecule has 2 saturated heterocycles. The summed E-state index contributed by atoms with van der Waals surface area (Å²) >= 11 is 0. The number of hydrogen-bond acceptors (Lipinski definition) is 8. The third-order valence-corrected chi connectivity index (χ3v) is 10.3. The average Bonchev–Trinajstić information content (AvgIpc) is 2.84. The number of rotatable bonds is 1. The van der Waals surface area contributed by atoms with Gasteiger partial charge < -0.3 is 40.5 Å². The largest absolute Gasteiger partial charge is 0.390 e. The van der Waals surface area contributed by atoms with Crippen LogP contribution in [-0.4, -0.2) is 81.7 Å². The fourth-order valence-electron chi connectivity index (χ4n) is 8.80. The lowest BCUT2D eigenvalue weighted by Gasteiger charge is -2.60. The first-order valence-electron chi connectivity index (χ1n) is 10.2. The molecule has 2 unspecified atom stereocenters. The number of ether oxygens (including phenoxy) is 1. The van der Waals surface area contributed by atoms with E-state index in [1.807, 2.05) is 0 Å². The molecule has 11 atom stereocenters. The first-order valence-corrected chi connectivity index (χ1v) is 10.2. The van der Waals surface area contributed by atoms with Gasteiger partial charge in [-0.05, 0) is 31.6 Å². The lowest BCUT2D eigenvalue weighted by molar-refractivity contribution is -0.390. The van der Waals surface area contributed by atoms with Gasteiger partial charge in [0.1, 0.15) is 28.5 Å². The summed E-state index contributed by atoms with van der Waals surface area (Å²) in [4.78, 5) is 0. The second kappa shape index (κ2) is 4.34. The summed E-state index contributed by atoms with van der Waals surface area (Å²) in [5.74, 6) is -3.24. The minimum Gasteiger partial charge on any atom is -0.390 e. The minimum atomic E-state index is -2.49. The molecule has 4 aliphatic carbocycles. The van der Waals surface area contributed by atoms with Crippen molar-refractivity contribution in [1.29, 1.82) is 0 Å². The lowest BCUT2D eigenvalue weighted by atomic mass is 9.52. The number of aliphatic hydroxyl groups excluding tert-OH is 2. The van der Waals surface area contributed by atoms with Crippen molar-refractivity contribution in [1.82, 2.24) is 0 Å². The van der Waals surface area contributed by atoms with Crippen LogP contribution >= 0.6 is 0 Å². The second-order valence-electron chi connectivity index (χ2n) is 10.9. The summed E-state index contributed by atoms with van der Waals surface area (Å²) in [5, 5.41) is 82.3. The molecular formula is C20H32O8. The highest BCUT2D eigenvalue weighted by atomic mass is 16.7. The maximum atomic E-state index is 12.3. The molecule has 0 radical (unpaired) electrons. The van der Waals surface area contributed by atoms with Gasteiger partial charge in [-0.2, -0.15) is 0 Å². The van der Waals surface area contributed by atoms with Gasteiger partial charge >= 0.3 is 0 Å². The third-order valence-electron chi connectivity index (χ3n) is 10.3. The molecular weight excluding hydrogens is 368 g/mol. The second-order valence-corrected chi connectivity index (χ2v) is 10.9. The van der Waals surface area contributed by atoms with E-state index in [-0.39, 0.29) is 12.8 Å². The molecule has 0 aromatic heterocycles. The summed E-state index contributed by atoms with van der Waals surface area (Å²) in [7, 11) is 0. The van der Waals surface area contributed by atoms with E-state index in [1.54, 1.807) is 20.8 Å². The van der Waals surface area contributed by atoms with Gasteiger partial charge in [-0.25, -0.2) is 0 Å². The van der Waals surface area contributed by atoms with Crippen LogP contribution < -0.4 is 0 Å². The summed E-state index contributed by atoms with van der Waals surface area (Å²) in [6.07, 6.45) is -3.04. The van der Waals surface area contributed by atoms with Crippen LogP contribution in [0.25, 0.3) is 0 Å². The molecule has 8 nitrogen and oxygen atoms in total. The topological polar surface area (TPSA) is 151 Å². The highest BCUT2D eigenvalue weighted by Gasteiger charge is 3.09.